The van der Waals surface area contributed by atoms with Crippen molar-refractivity contribution in [2.75, 3.05) is 81.4 Å². The fraction of sp³-hybridized carbons (Fsp3) is 0.630. The number of hydrogen-bond acceptors (Lipinski definition) is 11. The predicted octanol–water partition coefficient (Wildman–Crippen LogP) is 1.79. The first-order chi connectivity index (χ1) is 19.2. The number of nitrogens with two attached hydrogens (primary N) is 1. The van der Waals surface area contributed by atoms with Gasteiger partial charge in [0.15, 0.2) is 0 Å². The van der Waals surface area contributed by atoms with Crippen molar-refractivity contribution in [2.24, 2.45) is 5.73 Å². The van der Waals surface area contributed by atoms with Gasteiger partial charge in [-0.1, -0.05) is 31.4 Å². The molecule has 12 heteroatoms. The van der Waals surface area contributed by atoms with Crippen molar-refractivity contribution in [1.82, 2.24) is 20.3 Å². The molecule has 1 aromatic carbocycles. The maximum absolute atomic E-state index is 12.4. The van der Waals surface area contributed by atoms with Crippen LogP contribution in [-0.2, 0) is 20.8 Å². The van der Waals surface area contributed by atoms with Gasteiger partial charge in [-0.3, -0.25) is 4.79 Å². The van der Waals surface area contributed by atoms with Crippen LogP contribution in [0.15, 0.2) is 24.3 Å². The Bertz CT molecular complexity index is 998. The molecule has 2 aliphatic rings. The van der Waals surface area contributed by atoms with Gasteiger partial charge >= 0.3 is 0 Å². The topological polar surface area (TPSA) is 149 Å². The lowest BCUT2D eigenvalue weighted by Crippen LogP contribution is -2.37. The minimum atomic E-state index is -0.136. The molecule has 2 fully saturated rings. The van der Waals surface area contributed by atoms with Gasteiger partial charge in [-0.2, -0.15) is 15.0 Å². The number of aromatic nitrogens is 3. The van der Waals surface area contributed by atoms with Gasteiger partial charge in [0, 0.05) is 44.3 Å². The number of ether oxygens (including phenoxy) is 3. The van der Waals surface area contributed by atoms with Gasteiger partial charge in [-0.05, 0) is 30.5 Å². The summed E-state index contributed by atoms with van der Waals surface area (Å²) in [4.78, 5) is 28.6. The third-order valence-corrected chi connectivity index (χ3v) is 6.69. The van der Waals surface area contributed by atoms with Crippen molar-refractivity contribution < 1.29 is 19.0 Å². The Hall–Kier alpha value is -3.06. The SMILES string of the molecule is NCCOCCOCCNC(=O)c1ccc(CNc2nc(NC3CCCCC3)nc(N3CCOCC3)n2)cc1. The molecule has 4 rings (SSSR count). The molecule has 0 bridgehead atoms. The molecule has 1 saturated heterocycles. The molecule has 1 saturated carbocycles. The molecule has 1 amide bonds. The van der Waals surface area contributed by atoms with Crippen molar-refractivity contribution in [3.63, 3.8) is 0 Å². The van der Waals surface area contributed by atoms with Gasteiger partial charge in [-0.25, -0.2) is 0 Å². The Balaban J connectivity index is 1.28. The van der Waals surface area contributed by atoms with E-state index in [9.17, 15) is 4.79 Å². The van der Waals surface area contributed by atoms with E-state index in [0.717, 1.165) is 31.5 Å². The molecule has 0 unspecified atom stereocenters. The average Bonchev–Trinajstić information content (AvgIpc) is 2.98. The predicted molar refractivity (Wildman–Crippen MR) is 150 cm³/mol. The van der Waals surface area contributed by atoms with E-state index in [1.54, 1.807) is 0 Å². The number of carbonyl (C=O) groups is 1. The summed E-state index contributed by atoms with van der Waals surface area (Å²) in [6.45, 7) is 6.22. The van der Waals surface area contributed by atoms with Crippen molar-refractivity contribution >= 4 is 23.8 Å². The zero-order valence-corrected chi connectivity index (χ0v) is 22.7. The molecule has 0 atom stereocenters. The Morgan fingerprint density at radius 2 is 1.67 bits per heavy atom. The van der Waals surface area contributed by atoms with Crippen LogP contribution < -0.4 is 26.6 Å². The van der Waals surface area contributed by atoms with Crippen LogP contribution in [0.25, 0.3) is 0 Å². The van der Waals surface area contributed by atoms with Crippen LogP contribution in [0.1, 0.15) is 48.0 Å². The van der Waals surface area contributed by atoms with E-state index in [4.69, 9.17) is 24.9 Å². The largest absolute Gasteiger partial charge is 0.378 e. The summed E-state index contributed by atoms with van der Waals surface area (Å²) in [5.74, 6) is 1.66. The number of hydrogen-bond donors (Lipinski definition) is 4. The highest BCUT2D eigenvalue weighted by atomic mass is 16.5. The van der Waals surface area contributed by atoms with E-state index >= 15 is 0 Å². The second-order valence-corrected chi connectivity index (χ2v) is 9.68. The molecule has 2 aromatic rings. The molecule has 12 nitrogen and oxygen atoms in total. The molecule has 0 spiro atoms. The average molecular weight is 543 g/mol. The molecule has 214 valence electrons. The van der Waals surface area contributed by atoms with Gasteiger partial charge < -0.3 is 40.8 Å². The first-order valence-corrected chi connectivity index (χ1v) is 14.0. The van der Waals surface area contributed by atoms with Gasteiger partial charge in [0.1, 0.15) is 0 Å². The molecule has 2 heterocycles. The van der Waals surface area contributed by atoms with Crippen LogP contribution >= 0.6 is 0 Å². The van der Waals surface area contributed by atoms with Crippen LogP contribution in [0.5, 0.6) is 0 Å². The normalized spacial score (nSPS) is 16.2. The minimum absolute atomic E-state index is 0.136. The molecule has 1 aliphatic heterocycles. The third kappa shape index (κ3) is 9.88. The van der Waals surface area contributed by atoms with E-state index < -0.39 is 0 Å². The van der Waals surface area contributed by atoms with Gasteiger partial charge in [0.25, 0.3) is 5.91 Å². The van der Waals surface area contributed by atoms with E-state index in [0.29, 0.717) is 88.7 Å². The first kappa shape index (κ1) is 28.9. The molecule has 39 heavy (non-hydrogen) atoms. The number of amides is 1. The fourth-order valence-corrected chi connectivity index (χ4v) is 4.54. The standard InChI is InChI=1S/C27H42N8O4/c28-10-14-37-18-19-38-15-11-29-24(36)22-8-6-21(7-9-22)20-30-25-32-26(31-23-4-2-1-3-5-23)34-27(33-25)35-12-16-39-17-13-35/h6-9,23H,1-5,10-20,28H2,(H,29,36)(H2,30,31,32,33,34). The summed E-state index contributed by atoms with van der Waals surface area (Å²) < 4.78 is 16.2. The second-order valence-electron chi connectivity index (χ2n) is 9.68. The van der Waals surface area contributed by atoms with Crippen molar-refractivity contribution in [2.45, 2.75) is 44.7 Å². The van der Waals surface area contributed by atoms with E-state index in [1.807, 2.05) is 24.3 Å². The smallest absolute Gasteiger partial charge is 0.251 e. The summed E-state index contributed by atoms with van der Waals surface area (Å²) in [6.07, 6.45) is 6.03. The number of benzene rings is 1. The Morgan fingerprint density at radius 1 is 0.949 bits per heavy atom. The summed E-state index contributed by atoms with van der Waals surface area (Å²) in [6, 6.07) is 7.89. The Labute approximate surface area is 230 Å². The number of morpholine rings is 1. The van der Waals surface area contributed by atoms with Crippen LogP contribution in [0.4, 0.5) is 17.8 Å². The molecule has 5 N–H and O–H groups in total. The van der Waals surface area contributed by atoms with Crippen LogP contribution in [-0.4, -0.2) is 92.7 Å². The highest BCUT2D eigenvalue weighted by Gasteiger charge is 2.19. The Morgan fingerprint density at radius 3 is 2.41 bits per heavy atom. The van der Waals surface area contributed by atoms with Gasteiger partial charge in [-0.15, -0.1) is 0 Å². The van der Waals surface area contributed by atoms with Crippen LogP contribution in [0.3, 0.4) is 0 Å². The maximum Gasteiger partial charge on any atom is 0.251 e. The molecular formula is C27H42N8O4. The highest BCUT2D eigenvalue weighted by molar-refractivity contribution is 5.94. The zero-order valence-electron chi connectivity index (χ0n) is 22.7. The lowest BCUT2D eigenvalue weighted by atomic mass is 9.96. The van der Waals surface area contributed by atoms with Gasteiger partial charge in [0.05, 0.1) is 39.6 Å². The van der Waals surface area contributed by atoms with Crippen LogP contribution in [0, 0.1) is 0 Å². The summed E-state index contributed by atoms with van der Waals surface area (Å²) in [7, 11) is 0. The number of carbonyl (C=O) groups excluding carboxylic acids is 1. The number of nitrogens with one attached hydrogen (secondary N) is 3. The molecule has 0 radical (unpaired) electrons. The third-order valence-electron chi connectivity index (χ3n) is 6.69. The lowest BCUT2D eigenvalue weighted by molar-refractivity contribution is 0.0511. The first-order valence-electron chi connectivity index (χ1n) is 14.0. The number of rotatable bonds is 15. The van der Waals surface area contributed by atoms with Crippen molar-refractivity contribution in [3.05, 3.63) is 35.4 Å². The second kappa shape index (κ2) is 16.1. The zero-order chi connectivity index (χ0) is 27.1. The van der Waals surface area contributed by atoms with E-state index in [1.165, 1.54) is 19.3 Å². The number of nitrogens with zero attached hydrogens (tertiary/aromatic N) is 4. The minimum Gasteiger partial charge on any atom is -0.378 e. The molecular weight excluding hydrogens is 500 g/mol. The molecule has 1 aliphatic carbocycles. The lowest BCUT2D eigenvalue weighted by Gasteiger charge is -2.28. The summed E-state index contributed by atoms with van der Waals surface area (Å²) in [5.41, 5.74) is 6.98. The number of anilines is 3. The quantitative estimate of drug-likeness (QED) is 0.244. The summed E-state index contributed by atoms with van der Waals surface area (Å²) >= 11 is 0. The van der Waals surface area contributed by atoms with Crippen LogP contribution in [0.2, 0.25) is 0 Å². The fourth-order valence-electron chi connectivity index (χ4n) is 4.54. The summed E-state index contributed by atoms with van der Waals surface area (Å²) in [5, 5.41) is 9.74. The van der Waals surface area contributed by atoms with E-state index in [-0.39, 0.29) is 5.91 Å². The van der Waals surface area contributed by atoms with Crippen molar-refractivity contribution in [3.8, 4) is 0 Å². The Kier molecular flexibility index (Phi) is 12.0. The maximum atomic E-state index is 12.4. The molecule has 1 aromatic heterocycles. The highest BCUT2D eigenvalue weighted by Crippen LogP contribution is 2.22. The monoisotopic (exact) mass is 542 g/mol. The van der Waals surface area contributed by atoms with E-state index in [2.05, 4.69) is 30.8 Å². The van der Waals surface area contributed by atoms with Crippen molar-refractivity contribution in [1.29, 1.82) is 0 Å². The van der Waals surface area contributed by atoms with Gasteiger partial charge in [0.2, 0.25) is 17.8 Å².